The summed E-state index contributed by atoms with van der Waals surface area (Å²) in [5.74, 6) is 0. The Hall–Kier alpha value is -0.940. The van der Waals surface area contributed by atoms with Crippen LogP contribution in [0.4, 0.5) is 0 Å². The van der Waals surface area contributed by atoms with Crippen molar-refractivity contribution >= 4 is 0 Å². The minimum Gasteiger partial charge on any atom is -0.394 e. The maximum atomic E-state index is 8.90. The van der Waals surface area contributed by atoms with Crippen molar-refractivity contribution in [2.45, 2.75) is 12.7 Å². The van der Waals surface area contributed by atoms with E-state index in [0.29, 0.717) is 6.61 Å². The van der Waals surface area contributed by atoms with Crippen LogP contribution in [0.15, 0.2) is 30.3 Å². The molecule has 0 aliphatic rings. The van der Waals surface area contributed by atoms with Crippen LogP contribution >= 0.6 is 0 Å². The minimum atomic E-state index is -0.884. The van der Waals surface area contributed by atoms with Crippen molar-refractivity contribution in [2.75, 3.05) is 13.2 Å². The van der Waals surface area contributed by atoms with Crippen LogP contribution in [-0.4, -0.2) is 29.5 Å². The van der Waals surface area contributed by atoms with Gasteiger partial charge in [-0.2, -0.15) is 0 Å². The third-order valence-electron chi connectivity index (χ3n) is 1.62. The first kappa shape index (κ1) is 11.1. The van der Waals surface area contributed by atoms with Crippen molar-refractivity contribution in [2.24, 2.45) is 0 Å². The molecule has 14 heavy (non-hydrogen) atoms. The predicted octanol–water partition coefficient (Wildman–Crippen LogP) is 0.488. The van der Waals surface area contributed by atoms with E-state index in [9.17, 15) is 0 Å². The molecule has 0 heterocycles. The molecule has 0 amide bonds. The number of hydrogen-bond acceptors (Lipinski definition) is 4. The molecule has 0 bridgehead atoms. The van der Waals surface area contributed by atoms with E-state index >= 15 is 0 Å². The van der Waals surface area contributed by atoms with Gasteiger partial charge in [-0.3, -0.25) is 0 Å². The zero-order chi connectivity index (χ0) is 10.2. The molecule has 1 unspecified atom stereocenters. The Morgan fingerprint density at radius 1 is 1.14 bits per heavy atom. The highest BCUT2D eigenvalue weighted by molar-refractivity contribution is 5.13. The highest BCUT2D eigenvalue weighted by Crippen LogP contribution is 2.00. The SMILES string of the molecule is OCC(O)COOCc1ccccc1. The van der Waals surface area contributed by atoms with Crippen molar-refractivity contribution in [3.05, 3.63) is 35.9 Å². The van der Waals surface area contributed by atoms with Crippen molar-refractivity contribution < 1.29 is 20.0 Å². The van der Waals surface area contributed by atoms with Crippen LogP contribution in [0.25, 0.3) is 0 Å². The second-order valence-electron chi connectivity index (χ2n) is 2.87. The van der Waals surface area contributed by atoms with Crippen LogP contribution in [0.3, 0.4) is 0 Å². The van der Waals surface area contributed by atoms with Gasteiger partial charge in [0.05, 0.1) is 6.61 Å². The number of aliphatic hydroxyl groups is 2. The summed E-state index contributed by atoms with van der Waals surface area (Å²) in [6.45, 7) is -0.0168. The van der Waals surface area contributed by atoms with Gasteiger partial charge in [-0.25, -0.2) is 9.78 Å². The van der Waals surface area contributed by atoms with Gasteiger partial charge in [0.2, 0.25) is 0 Å². The van der Waals surface area contributed by atoms with E-state index in [1.54, 1.807) is 0 Å². The van der Waals surface area contributed by atoms with Crippen LogP contribution in [0, 0.1) is 0 Å². The summed E-state index contributed by atoms with van der Waals surface area (Å²) >= 11 is 0. The Labute approximate surface area is 82.6 Å². The fraction of sp³-hybridized carbons (Fsp3) is 0.400. The second kappa shape index (κ2) is 6.50. The van der Waals surface area contributed by atoms with Gasteiger partial charge in [-0.1, -0.05) is 30.3 Å². The molecule has 1 aromatic carbocycles. The van der Waals surface area contributed by atoms with E-state index in [1.165, 1.54) is 0 Å². The molecule has 0 aromatic heterocycles. The summed E-state index contributed by atoms with van der Waals surface area (Å²) in [4.78, 5) is 9.50. The van der Waals surface area contributed by atoms with Gasteiger partial charge < -0.3 is 10.2 Å². The van der Waals surface area contributed by atoms with Crippen molar-refractivity contribution in [1.82, 2.24) is 0 Å². The summed E-state index contributed by atoms with van der Waals surface area (Å²) < 4.78 is 0. The predicted molar refractivity (Wildman–Crippen MR) is 50.3 cm³/mol. The summed E-state index contributed by atoms with van der Waals surface area (Å²) in [5, 5.41) is 17.4. The Morgan fingerprint density at radius 2 is 1.86 bits per heavy atom. The Morgan fingerprint density at radius 3 is 2.50 bits per heavy atom. The molecule has 1 atom stereocenters. The first-order chi connectivity index (χ1) is 6.83. The summed E-state index contributed by atoms with van der Waals surface area (Å²) in [6.07, 6.45) is -0.884. The topological polar surface area (TPSA) is 58.9 Å². The zero-order valence-electron chi connectivity index (χ0n) is 7.80. The quantitative estimate of drug-likeness (QED) is 0.397. The number of benzene rings is 1. The molecule has 1 aromatic rings. The molecule has 2 N–H and O–H groups in total. The normalized spacial score (nSPS) is 12.7. The number of rotatable bonds is 6. The van der Waals surface area contributed by atoms with Crippen LogP contribution < -0.4 is 0 Å². The molecule has 4 nitrogen and oxygen atoms in total. The molecule has 0 spiro atoms. The molecule has 0 saturated carbocycles. The van der Waals surface area contributed by atoms with Crippen LogP contribution in [0.2, 0.25) is 0 Å². The summed E-state index contributed by atoms with van der Waals surface area (Å²) in [7, 11) is 0. The maximum Gasteiger partial charge on any atom is 0.110 e. The van der Waals surface area contributed by atoms with E-state index in [-0.39, 0.29) is 13.2 Å². The van der Waals surface area contributed by atoms with Gasteiger partial charge in [-0.15, -0.1) is 0 Å². The van der Waals surface area contributed by atoms with Crippen molar-refractivity contribution in [3.63, 3.8) is 0 Å². The van der Waals surface area contributed by atoms with Gasteiger partial charge >= 0.3 is 0 Å². The lowest BCUT2D eigenvalue weighted by molar-refractivity contribution is -0.315. The van der Waals surface area contributed by atoms with E-state index in [1.807, 2.05) is 30.3 Å². The summed E-state index contributed by atoms with van der Waals surface area (Å²) in [6, 6.07) is 9.54. The smallest absolute Gasteiger partial charge is 0.110 e. The molecule has 0 fully saturated rings. The fourth-order valence-corrected chi connectivity index (χ4v) is 0.863. The second-order valence-corrected chi connectivity index (χ2v) is 2.87. The van der Waals surface area contributed by atoms with Gasteiger partial charge in [0.15, 0.2) is 0 Å². The van der Waals surface area contributed by atoms with Crippen molar-refractivity contribution in [1.29, 1.82) is 0 Å². The van der Waals surface area contributed by atoms with E-state index in [4.69, 9.17) is 15.1 Å². The lowest BCUT2D eigenvalue weighted by Crippen LogP contribution is -2.19. The third kappa shape index (κ3) is 4.34. The van der Waals surface area contributed by atoms with E-state index in [0.717, 1.165) is 5.56 Å². The third-order valence-corrected chi connectivity index (χ3v) is 1.62. The molecule has 0 aliphatic heterocycles. The molecule has 0 aliphatic carbocycles. The molecule has 78 valence electrons. The van der Waals surface area contributed by atoms with Gasteiger partial charge in [-0.05, 0) is 5.56 Å². The lowest BCUT2D eigenvalue weighted by Gasteiger charge is -2.07. The highest BCUT2D eigenvalue weighted by atomic mass is 17.2. The molecule has 1 rings (SSSR count). The zero-order valence-corrected chi connectivity index (χ0v) is 7.80. The lowest BCUT2D eigenvalue weighted by atomic mass is 10.2. The first-order valence-corrected chi connectivity index (χ1v) is 4.40. The number of aliphatic hydroxyl groups excluding tert-OH is 2. The average Bonchev–Trinajstić information content (AvgIpc) is 2.25. The maximum absolute atomic E-state index is 8.90. The van der Waals surface area contributed by atoms with Crippen molar-refractivity contribution in [3.8, 4) is 0 Å². The molecular formula is C10H14O4. The highest BCUT2D eigenvalue weighted by Gasteiger charge is 2.01. The largest absolute Gasteiger partial charge is 0.394 e. The Kier molecular flexibility index (Phi) is 5.17. The van der Waals surface area contributed by atoms with Gasteiger partial charge in [0, 0.05) is 0 Å². The molecule has 0 saturated heterocycles. The Balaban J connectivity index is 2.10. The van der Waals surface area contributed by atoms with Gasteiger partial charge in [0.1, 0.15) is 19.3 Å². The molecular weight excluding hydrogens is 184 g/mol. The average molecular weight is 198 g/mol. The molecule has 0 radical (unpaired) electrons. The van der Waals surface area contributed by atoms with E-state index in [2.05, 4.69) is 4.89 Å². The monoisotopic (exact) mass is 198 g/mol. The number of hydrogen-bond donors (Lipinski definition) is 2. The minimum absolute atomic E-state index is 0.0245. The first-order valence-electron chi connectivity index (χ1n) is 4.40. The van der Waals surface area contributed by atoms with Gasteiger partial charge in [0.25, 0.3) is 0 Å². The Bertz CT molecular complexity index is 237. The summed E-state index contributed by atoms with van der Waals surface area (Å²) in [5.41, 5.74) is 0.992. The standard InChI is InChI=1S/C10H14O4/c11-6-10(12)8-14-13-7-9-4-2-1-3-5-9/h1-5,10-12H,6-8H2. The van der Waals surface area contributed by atoms with Crippen LogP contribution in [0.1, 0.15) is 5.56 Å². The fourth-order valence-electron chi connectivity index (χ4n) is 0.863. The van der Waals surface area contributed by atoms with Crippen LogP contribution in [0.5, 0.6) is 0 Å². The molecule has 4 heteroatoms. The van der Waals surface area contributed by atoms with E-state index < -0.39 is 6.10 Å². The van der Waals surface area contributed by atoms with Crippen LogP contribution in [-0.2, 0) is 16.4 Å².